The van der Waals surface area contributed by atoms with E-state index in [1.54, 1.807) is 36.7 Å². The lowest BCUT2D eigenvalue weighted by atomic mass is 10.3. The van der Waals surface area contributed by atoms with Crippen LogP contribution in [0.5, 0.6) is 0 Å². The molecule has 17 heavy (non-hydrogen) atoms. The van der Waals surface area contributed by atoms with Gasteiger partial charge >= 0.3 is 0 Å². The molecule has 0 spiro atoms. The van der Waals surface area contributed by atoms with Crippen LogP contribution in [0, 0.1) is 0 Å². The molecule has 2 rings (SSSR count). The van der Waals surface area contributed by atoms with Crippen molar-refractivity contribution < 1.29 is 8.42 Å². The summed E-state index contributed by atoms with van der Waals surface area (Å²) in [6.07, 6.45) is 4.68. The van der Waals surface area contributed by atoms with Crippen LogP contribution in [-0.4, -0.2) is 18.4 Å². The number of nitrogens with one attached hydrogen (secondary N) is 1. The standard InChI is InChI=1S/C11H11N3O2S/c15-17(16,11-3-1-2-6-13-11)14-9-10-4-7-12-8-5-10/h1-8,14H,9H2. The topological polar surface area (TPSA) is 72.0 Å². The van der Waals surface area contributed by atoms with Crippen molar-refractivity contribution in [2.45, 2.75) is 11.6 Å². The van der Waals surface area contributed by atoms with E-state index in [4.69, 9.17) is 0 Å². The third kappa shape index (κ3) is 3.08. The molecule has 5 nitrogen and oxygen atoms in total. The number of aromatic nitrogens is 2. The normalized spacial score (nSPS) is 11.3. The van der Waals surface area contributed by atoms with Gasteiger partial charge in [-0.2, -0.15) is 0 Å². The van der Waals surface area contributed by atoms with Gasteiger partial charge in [-0.05, 0) is 29.8 Å². The van der Waals surface area contributed by atoms with E-state index in [0.29, 0.717) is 0 Å². The number of rotatable bonds is 4. The Morgan fingerprint density at radius 3 is 2.47 bits per heavy atom. The van der Waals surface area contributed by atoms with Crippen LogP contribution in [0.2, 0.25) is 0 Å². The van der Waals surface area contributed by atoms with E-state index in [2.05, 4.69) is 14.7 Å². The number of sulfonamides is 1. The fourth-order valence-electron chi connectivity index (χ4n) is 1.26. The summed E-state index contributed by atoms with van der Waals surface area (Å²) >= 11 is 0. The van der Waals surface area contributed by atoms with Crippen molar-refractivity contribution in [3.8, 4) is 0 Å². The molecule has 0 fully saturated rings. The van der Waals surface area contributed by atoms with E-state index in [1.165, 1.54) is 12.3 Å². The predicted molar refractivity (Wildman–Crippen MR) is 62.5 cm³/mol. The highest BCUT2D eigenvalue weighted by molar-refractivity contribution is 7.89. The van der Waals surface area contributed by atoms with Gasteiger partial charge in [0.25, 0.3) is 10.0 Å². The smallest absolute Gasteiger partial charge is 0.258 e. The molecule has 0 aliphatic carbocycles. The van der Waals surface area contributed by atoms with Gasteiger partial charge in [-0.1, -0.05) is 6.07 Å². The van der Waals surface area contributed by atoms with Gasteiger partial charge in [-0.3, -0.25) is 4.98 Å². The first kappa shape index (κ1) is 11.7. The Morgan fingerprint density at radius 1 is 1.06 bits per heavy atom. The lowest BCUT2D eigenvalue weighted by Gasteiger charge is -2.05. The highest BCUT2D eigenvalue weighted by atomic mass is 32.2. The minimum Gasteiger partial charge on any atom is -0.265 e. The van der Waals surface area contributed by atoms with Crippen LogP contribution in [0.15, 0.2) is 53.9 Å². The van der Waals surface area contributed by atoms with Crippen molar-refractivity contribution in [2.75, 3.05) is 0 Å². The minimum atomic E-state index is -3.54. The van der Waals surface area contributed by atoms with Gasteiger partial charge in [-0.15, -0.1) is 0 Å². The molecule has 6 heteroatoms. The van der Waals surface area contributed by atoms with E-state index in [9.17, 15) is 8.42 Å². The maximum Gasteiger partial charge on any atom is 0.258 e. The van der Waals surface area contributed by atoms with Crippen molar-refractivity contribution in [1.29, 1.82) is 0 Å². The van der Waals surface area contributed by atoms with Crippen LogP contribution in [0.3, 0.4) is 0 Å². The molecule has 0 aromatic carbocycles. The predicted octanol–water partition coefficient (Wildman–Crippen LogP) is 0.955. The maximum atomic E-state index is 11.8. The molecular formula is C11H11N3O2S. The molecule has 88 valence electrons. The lowest BCUT2D eigenvalue weighted by Crippen LogP contribution is -2.24. The van der Waals surface area contributed by atoms with Gasteiger partial charge in [0.2, 0.25) is 0 Å². The summed E-state index contributed by atoms with van der Waals surface area (Å²) in [4.78, 5) is 7.66. The Labute approximate surface area is 99.6 Å². The molecular weight excluding hydrogens is 238 g/mol. The monoisotopic (exact) mass is 249 g/mol. The minimum absolute atomic E-state index is 0.0223. The molecule has 1 N–H and O–H groups in total. The molecule has 2 aromatic heterocycles. The largest absolute Gasteiger partial charge is 0.265 e. The van der Waals surface area contributed by atoms with Crippen molar-refractivity contribution in [3.05, 3.63) is 54.5 Å². The number of hydrogen-bond donors (Lipinski definition) is 1. The van der Waals surface area contributed by atoms with Crippen LogP contribution >= 0.6 is 0 Å². The third-order valence-electron chi connectivity index (χ3n) is 2.13. The summed E-state index contributed by atoms with van der Waals surface area (Å²) in [5.74, 6) is 0. The van der Waals surface area contributed by atoms with Gasteiger partial charge < -0.3 is 0 Å². The van der Waals surface area contributed by atoms with E-state index < -0.39 is 10.0 Å². The van der Waals surface area contributed by atoms with Crippen LogP contribution in [0.25, 0.3) is 0 Å². The fourth-order valence-corrected chi connectivity index (χ4v) is 2.22. The molecule has 0 unspecified atom stereocenters. The van der Waals surface area contributed by atoms with Crippen molar-refractivity contribution in [1.82, 2.24) is 14.7 Å². The Morgan fingerprint density at radius 2 is 1.82 bits per heavy atom. The van der Waals surface area contributed by atoms with Crippen molar-refractivity contribution >= 4 is 10.0 Å². The summed E-state index contributed by atoms with van der Waals surface area (Å²) in [5.41, 5.74) is 0.847. The second kappa shape index (κ2) is 5.03. The van der Waals surface area contributed by atoms with Crippen molar-refractivity contribution in [3.63, 3.8) is 0 Å². The number of nitrogens with zero attached hydrogens (tertiary/aromatic N) is 2. The Balaban J connectivity index is 2.09. The van der Waals surface area contributed by atoms with E-state index in [0.717, 1.165) is 5.56 Å². The first-order valence-corrected chi connectivity index (χ1v) is 6.46. The number of pyridine rings is 2. The molecule has 2 aromatic rings. The van der Waals surface area contributed by atoms with Gasteiger partial charge in [0, 0.05) is 25.1 Å². The molecule has 0 aliphatic rings. The van der Waals surface area contributed by atoms with Crippen LogP contribution < -0.4 is 4.72 Å². The lowest BCUT2D eigenvalue weighted by molar-refractivity contribution is 0.577. The molecule has 2 heterocycles. The SMILES string of the molecule is O=S(=O)(NCc1ccncc1)c1ccccn1. The first-order chi connectivity index (χ1) is 8.18. The highest BCUT2D eigenvalue weighted by Crippen LogP contribution is 2.04. The molecule has 0 saturated heterocycles. The van der Waals surface area contributed by atoms with Gasteiger partial charge in [0.1, 0.15) is 0 Å². The quantitative estimate of drug-likeness (QED) is 0.875. The maximum absolute atomic E-state index is 11.8. The van der Waals surface area contributed by atoms with Gasteiger partial charge in [0.15, 0.2) is 5.03 Å². The van der Waals surface area contributed by atoms with Gasteiger partial charge in [0.05, 0.1) is 0 Å². The van der Waals surface area contributed by atoms with Gasteiger partial charge in [-0.25, -0.2) is 18.1 Å². The summed E-state index contributed by atoms with van der Waals surface area (Å²) in [5, 5.41) is 0.0223. The highest BCUT2D eigenvalue weighted by Gasteiger charge is 2.13. The Kier molecular flexibility index (Phi) is 3.46. The van der Waals surface area contributed by atoms with E-state index in [1.807, 2.05) is 0 Å². The summed E-state index contributed by atoms with van der Waals surface area (Å²) in [7, 11) is -3.54. The third-order valence-corrected chi connectivity index (χ3v) is 3.45. The molecule has 0 bridgehead atoms. The second-order valence-electron chi connectivity index (χ2n) is 3.35. The fraction of sp³-hybridized carbons (Fsp3) is 0.0909. The molecule has 0 amide bonds. The van der Waals surface area contributed by atoms with Crippen LogP contribution in [0.4, 0.5) is 0 Å². The Hall–Kier alpha value is -1.79. The van der Waals surface area contributed by atoms with Crippen LogP contribution in [0.1, 0.15) is 5.56 Å². The van der Waals surface area contributed by atoms with Crippen molar-refractivity contribution in [2.24, 2.45) is 0 Å². The first-order valence-electron chi connectivity index (χ1n) is 4.98. The molecule has 0 saturated carbocycles. The summed E-state index contributed by atoms with van der Waals surface area (Å²) in [6, 6.07) is 8.26. The number of hydrogen-bond acceptors (Lipinski definition) is 4. The summed E-state index contributed by atoms with van der Waals surface area (Å²) < 4.78 is 26.1. The Bertz CT molecular complexity index is 570. The van der Waals surface area contributed by atoms with E-state index in [-0.39, 0.29) is 11.6 Å². The average Bonchev–Trinajstić information content (AvgIpc) is 2.39. The zero-order valence-electron chi connectivity index (χ0n) is 8.95. The molecule has 0 aliphatic heterocycles. The van der Waals surface area contributed by atoms with E-state index >= 15 is 0 Å². The second-order valence-corrected chi connectivity index (χ2v) is 5.06. The summed E-state index contributed by atoms with van der Waals surface area (Å²) in [6.45, 7) is 0.224. The molecule has 0 atom stereocenters. The zero-order chi connectivity index (χ0) is 12.1. The molecule has 0 radical (unpaired) electrons. The van der Waals surface area contributed by atoms with Crippen LogP contribution in [-0.2, 0) is 16.6 Å². The average molecular weight is 249 g/mol. The zero-order valence-corrected chi connectivity index (χ0v) is 9.76.